The molecule has 0 bridgehead atoms. The Bertz CT molecular complexity index is 490. The molecule has 2 N–H and O–H groups in total. The molecule has 1 aromatic carbocycles. The number of ether oxygens (including phenoxy) is 1. The fraction of sp³-hybridized carbons (Fsp3) is 0.100. The van der Waals surface area contributed by atoms with Gasteiger partial charge in [-0.25, -0.2) is 4.98 Å². The number of rotatable bonds is 0. The lowest BCUT2D eigenvalue weighted by molar-refractivity contribution is 0.280. The van der Waals surface area contributed by atoms with Gasteiger partial charge in [0.15, 0.2) is 5.82 Å². The van der Waals surface area contributed by atoms with Crippen LogP contribution in [0.5, 0.6) is 5.75 Å². The summed E-state index contributed by atoms with van der Waals surface area (Å²) in [5.41, 5.74) is 7.41. The first-order chi connectivity index (χ1) is 6.84. The van der Waals surface area contributed by atoms with Crippen molar-refractivity contribution in [2.75, 3.05) is 5.73 Å². The molecular formula is C10H9N3O. The van der Waals surface area contributed by atoms with Gasteiger partial charge in [-0.05, 0) is 18.2 Å². The molecule has 0 fully saturated rings. The minimum atomic E-state index is 0.518. The van der Waals surface area contributed by atoms with Gasteiger partial charge in [-0.2, -0.15) is 0 Å². The molecule has 0 radical (unpaired) electrons. The third-order valence-electron chi connectivity index (χ3n) is 2.32. The average molecular weight is 187 g/mol. The van der Waals surface area contributed by atoms with Crippen LogP contribution in [0.1, 0.15) is 5.82 Å². The summed E-state index contributed by atoms with van der Waals surface area (Å²) in [6.07, 6.45) is 3.67. The molecule has 1 aliphatic heterocycles. The zero-order valence-corrected chi connectivity index (χ0v) is 7.47. The highest BCUT2D eigenvalue weighted by atomic mass is 16.5. The van der Waals surface area contributed by atoms with Crippen LogP contribution >= 0.6 is 0 Å². The summed E-state index contributed by atoms with van der Waals surface area (Å²) in [4.78, 5) is 4.18. The van der Waals surface area contributed by atoms with Gasteiger partial charge in [0.05, 0.1) is 5.69 Å². The van der Waals surface area contributed by atoms with Crippen molar-refractivity contribution in [2.24, 2.45) is 0 Å². The molecule has 70 valence electrons. The van der Waals surface area contributed by atoms with Gasteiger partial charge in [0.1, 0.15) is 12.4 Å². The summed E-state index contributed by atoms with van der Waals surface area (Å²) in [6, 6.07) is 5.61. The molecule has 0 unspecified atom stereocenters. The lowest BCUT2D eigenvalue weighted by atomic mass is 10.2. The van der Waals surface area contributed by atoms with Gasteiger partial charge >= 0.3 is 0 Å². The minimum Gasteiger partial charge on any atom is -0.483 e. The number of imidazole rings is 1. The summed E-state index contributed by atoms with van der Waals surface area (Å²) < 4.78 is 7.52. The predicted molar refractivity (Wildman–Crippen MR) is 52.3 cm³/mol. The van der Waals surface area contributed by atoms with Crippen molar-refractivity contribution in [1.82, 2.24) is 9.55 Å². The lowest BCUT2D eigenvalue weighted by Crippen LogP contribution is -2.12. The van der Waals surface area contributed by atoms with Crippen LogP contribution in [0.4, 0.5) is 5.69 Å². The molecule has 0 saturated heterocycles. The van der Waals surface area contributed by atoms with E-state index in [4.69, 9.17) is 10.5 Å². The molecule has 2 aromatic rings. The lowest BCUT2D eigenvalue weighted by Gasteiger charge is -2.19. The van der Waals surface area contributed by atoms with Crippen LogP contribution in [0.3, 0.4) is 0 Å². The fourth-order valence-corrected chi connectivity index (χ4v) is 1.65. The molecular weight excluding hydrogens is 178 g/mol. The van der Waals surface area contributed by atoms with E-state index >= 15 is 0 Å². The first kappa shape index (κ1) is 7.44. The highest BCUT2D eigenvalue weighted by Gasteiger charge is 2.16. The SMILES string of the molecule is Nc1ccc2c(c1)-n1ccnc1CO2. The number of nitrogen functional groups attached to an aromatic ring is 1. The molecule has 2 heterocycles. The molecule has 0 amide bonds. The van der Waals surface area contributed by atoms with Gasteiger partial charge in [-0.15, -0.1) is 0 Å². The van der Waals surface area contributed by atoms with Crippen LogP contribution < -0.4 is 10.5 Å². The van der Waals surface area contributed by atoms with Crippen LogP contribution in [-0.2, 0) is 6.61 Å². The van der Waals surface area contributed by atoms with E-state index in [1.165, 1.54) is 0 Å². The molecule has 0 aliphatic carbocycles. The first-order valence-electron chi connectivity index (χ1n) is 4.39. The van der Waals surface area contributed by atoms with Crippen molar-refractivity contribution >= 4 is 5.69 Å². The van der Waals surface area contributed by atoms with Crippen LogP contribution in [0.15, 0.2) is 30.6 Å². The maximum atomic E-state index is 5.72. The number of nitrogens with two attached hydrogens (primary N) is 1. The van der Waals surface area contributed by atoms with Crippen molar-refractivity contribution in [3.05, 3.63) is 36.4 Å². The quantitative estimate of drug-likeness (QED) is 0.633. The Hall–Kier alpha value is -1.97. The maximum absolute atomic E-state index is 5.72. The van der Waals surface area contributed by atoms with Crippen molar-refractivity contribution in [3.8, 4) is 11.4 Å². The molecule has 0 atom stereocenters. The first-order valence-corrected chi connectivity index (χ1v) is 4.39. The largest absolute Gasteiger partial charge is 0.483 e. The van der Waals surface area contributed by atoms with Gasteiger partial charge < -0.3 is 10.5 Å². The van der Waals surface area contributed by atoms with Gasteiger partial charge in [0.2, 0.25) is 0 Å². The highest BCUT2D eigenvalue weighted by molar-refractivity contribution is 5.57. The smallest absolute Gasteiger partial charge is 0.151 e. The predicted octanol–water partition coefficient (Wildman–Crippen LogP) is 1.35. The topological polar surface area (TPSA) is 53.1 Å². The van der Waals surface area contributed by atoms with Gasteiger partial charge in [-0.3, -0.25) is 4.57 Å². The Labute approximate surface area is 80.9 Å². The monoisotopic (exact) mass is 187 g/mol. The second kappa shape index (κ2) is 2.51. The number of fused-ring (bicyclic) bond motifs is 3. The van der Waals surface area contributed by atoms with E-state index in [0.717, 1.165) is 22.9 Å². The van der Waals surface area contributed by atoms with E-state index in [1.807, 2.05) is 29.0 Å². The van der Waals surface area contributed by atoms with Crippen molar-refractivity contribution in [3.63, 3.8) is 0 Å². The van der Waals surface area contributed by atoms with Gasteiger partial charge in [0.25, 0.3) is 0 Å². The number of benzene rings is 1. The molecule has 1 aromatic heterocycles. The number of hydrogen-bond acceptors (Lipinski definition) is 3. The molecule has 0 saturated carbocycles. The number of anilines is 1. The van der Waals surface area contributed by atoms with E-state index < -0.39 is 0 Å². The van der Waals surface area contributed by atoms with Crippen LogP contribution in [0, 0.1) is 0 Å². The Balaban J connectivity index is 2.28. The summed E-state index contributed by atoms with van der Waals surface area (Å²) in [6.45, 7) is 0.518. The van der Waals surface area contributed by atoms with Gasteiger partial charge in [0, 0.05) is 18.1 Å². The Kier molecular flexibility index (Phi) is 1.33. The van der Waals surface area contributed by atoms with E-state index in [9.17, 15) is 0 Å². The number of hydrogen-bond donors (Lipinski definition) is 1. The number of nitrogens with zero attached hydrogens (tertiary/aromatic N) is 2. The third-order valence-corrected chi connectivity index (χ3v) is 2.32. The Morgan fingerprint density at radius 3 is 3.29 bits per heavy atom. The molecule has 0 spiro atoms. The van der Waals surface area contributed by atoms with Crippen molar-refractivity contribution < 1.29 is 4.74 Å². The van der Waals surface area contributed by atoms with Crippen molar-refractivity contribution in [1.29, 1.82) is 0 Å². The zero-order valence-electron chi connectivity index (χ0n) is 7.47. The van der Waals surface area contributed by atoms with Crippen LogP contribution in [0.2, 0.25) is 0 Å². The summed E-state index contributed by atoms with van der Waals surface area (Å²) in [5.74, 6) is 1.76. The number of aromatic nitrogens is 2. The van der Waals surface area contributed by atoms with Crippen LogP contribution in [0.25, 0.3) is 5.69 Å². The molecule has 1 aliphatic rings. The maximum Gasteiger partial charge on any atom is 0.151 e. The van der Waals surface area contributed by atoms with E-state index in [2.05, 4.69) is 4.98 Å². The Morgan fingerprint density at radius 1 is 1.43 bits per heavy atom. The van der Waals surface area contributed by atoms with E-state index in [0.29, 0.717) is 6.61 Å². The van der Waals surface area contributed by atoms with E-state index in [-0.39, 0.29) is 0 Å². The van der Waals surface area contributed by atoms with Crippen LogP contribution in [-0.4, -0.2) is 9.55 Å². The summed E-state index contributed by atoms with van der Waals surface area (Å²) >= 11 is 0. The summed E-state index contributed by atoms with van der Waals surface area (Å²) in [7, 11) is 0. The molecule has 3 rings (SSSR count). The summed E-state index contributed by atoms with van der Waals surface area (Å²) in [5, 5.41) is 0. The molecule has 14 heavy (non-hydrogen) atoms. The zero-order chi connectivity index (χ0) is 9.54. The normalized spacial score (nSPS) is 12.9. The van der Waals surface area contributed by atoms with Gasteiger partial charge in [-0.1, -0.05) is 0 Å². The van der Waals surface area contributed by atoms with Crippen molar-refractivity contribution in [2.45, 2.75) is 6.61 Å². The highest BCUT2D eigenvalue weighted by Crippen LogP contribution is 2.30. The average Bonchev–Trinajstić information content (AvgIpc) is 2.65. The van der Waals surface area contributed by atoms with E-state index in [1.54, 1.807) is 6.20 Å². The minimum absolute atomic E-state index is 0.518. The standard InChI is InChI=1S/C10H9N3O/c11-7-1-2-9-8(5-7)13-4-3-12-10(13)6-14-9/h1-5H,6,11H2. The molecule has 4 heteroatoms. The molecule has 4 nitrogen and oxygen atoms in total. The second-order valence-corrected chi connectivity index (χ2v) is 3.23. The fourth-order valence-electron chi connectivity index (χ4n) is 1.65. The second-order valence-electron chi connectivity index (χ2n) is 3.23. The third kappa shape index (κ3) is 0.907. The Morgan fingerprint density at radius 2 is 2.36 bits per heavy atom.